The van der Waals surface area contributed by atoms with E-state index in [0.29, 0.717) is 6.42 Å². The Bertz CT molecular complexity index is 321. The van der Waals surface area contributed by atoms with Gasteiger partial charge in [0.05, 0.1) is 4.92 Å². The quantitative estimate of drug-likeness (QED) is 0.288. The Morgan fingerprint density at radius 1 is 1.42 bits per heavy atom. The summed E-state index contributed by atoms with van der Waals surface area (Å²) in [4.78, 5) is 9.80. The van der Waals surface area contributed by atoms with Crippen molar-refractivity contribution < 1.29 is 4.92 Å². The van der Waals surface area contributed by atoms with Crippen LogP contribution < -0.4 is 0 Å². The minimum atomic E-state index is -0.431. The molecule has 0 spiro atoms. The molecule has 0 aliphatic rings. The first-order valence-corrected chi connectivity index (χ1v) is 3.41. The molecular formula is C9H7NO2. The van der Waals surface area contributed by atoms with Crippen molar-refractivity contribution in [3.05, 3.63) is 39.9 Å². The van der Waals surface area contributed by atoms with Gasteiger partial charge in [-0.05, 0) is 5.56 Å². The summed E-state index contributed by atoms with van der Waals surface area (Å²) in [7, 11) is 0. The van der Waals surface area contributed by atoms with Crippen molar-refractivity contribution in [3.8, 4) is 12.3 Å². The van der Waals surface area contributed by atoms with E-state index in [1.54, 1.807) is 12.1 Å². The monoisotopic (exact) mass is 162 g/mol. The average molecular weight is 162 g/mol. The number of nitro groups is 1. The van der Waals surface area contributed by atoms with Crippen LogP contribution >= 0.6 is 0 Å². The van der Waals surface area contributed by atoms with E-state index in [0.717, 1.165) is 5.56 Å². The standard InChI is InChI=1S/C9H7NO2/c1-2-3-8-4-6-9(7-5-8)10(11)12/h1,4-7H,3H2/i2+1. The van der Waals surface area contributed by atoms with Gasteiger partial charge in [-0.2, -0.15) is 0 Å². The Labute approximate surface area is 70.2 Å². The molecule has 3 heteroatoms. The smallest absolute Gasteiger partial charge is 0.258 e. The van der Waals surface area contributed by atoms with Crippen molar-refractivity contribution in [1.82, 2.24) is 0 Å². The highest BCUT2D eigenvalue weighted by Crippen LogP contribution is 2.11. The number of nitro benzene ring substituents is 1. The highest BCUT2D eigenvalue weighted by atomic mass is 16.6. The lowest BCUT2D eigenvalue weighted by Gasteiger charge is -1.93. The second-order valence-corrected chi connectivity index (χ2v) is 2.30. The van der Waals surface area contributed by atoms with Crippen molar-refractivity contribution in [2.75, 3.05) is 0 Å². The third-order valence-corrected chi connectivity index (χ3v) is 1.45. The van der Waals surface area contributed by atoms with Crippen molar-refractivity contribution in [2.45, 2.75) is 6.42 Å². The summed E-state index contributed by atoms with van der Waals surface area (Å²) in [6.07, 6.45) is 5.59. The molecule has 12 heavy (non-hydrogen) atoms. The molecule has 1 aromatic carbocycles. The van der Waals surface area contributed by atoms with E-state index in [9.17, 15) is 10.1 Å². The van der Waals surface area contributed by atoms with Gasteiger partial charge in [0.15, 0.2) is 0 Å². The Morgan fingerprint density at radius 2 is 2.00 bits per heavy atom. The molecule has 0 saturated heterocycles. The van der Waals surface area contributed by atoms with E-state index in [2.05, 4.69) is 5.92 Å². The van der Waals surface area contributed by atoms with Crippen LogP contribution in [0.2, 0.25) is 0 Å². The lowest BCUT2D eigenvalue weighted by molar-refractivity contribution is -0.384. The number of hydrogen-bond donors (Lipinski definition) is 0. The first-order chi connectivity index (χ1) is 5.74. The minimum absolute atomic E-state index is 0.0933. The van der Waals surface area contributed by atoms with Crippen LogP contribution in [0.4, 0.5) is 5.69 Å². The summed E-state index contributed by atoms with van der Waals surface area (Å²) >= 11 is 0. The van der Waals surface area contributed by atoms with Crippen LogP contribution in [0.1, 0.15) is 5.56 Å². The molecule has 60 valence electrons. The van der Waals surface area contributed by atoms with E-state index >= 15 is 0 Å². The van der Waals surface area contributed by atoms with Crippen molar-refractivity contribution in [1.29, 1.82) is 0 Å². The van der Waals surface area contributed by atoms with Gasteiger partial charge in [0.2, 0.25) is 0 Å². The molecule has 1 rings (SSSR count). The van der Waals surface area contributed by atoms with Gasteiger partial charge in [0.25, 0.3) is 5.69 Å². The van der Waals surface area contributed by atoms with Crippen molar-refractivity contribution >= 4 is 5.69 Å². The summed E-state index contributed by atoms with van der Waals surface area (Å²) in [5.74, 6) is 2.46. The Hall–Kier alpha value is -1.82. The maximum Gasteiger partial charge on any atom is 0.269 e. The van der Waals surface area contributed by atoms with Crippen molar-refractivity contribution in [3.63, 3.8) is 0 Å². The zero-order chi connectivity index (χ0) is 8.97. The Balaban J connectivity index is 2.87. The van der Waals surface area contributed by atoms with Crippen LogP contribution in [-0.2, 0) is 6.42 Å². The molecule has 0 N–H and O–H groups in total. The van der Waals surface area contributed by atoms with Crippen LogP contribution in [0.5, 0.6) is 0 Å². The van der Waals surface area contributed by atoms with E-state index in [1.807, 2.05) is 0 Å². The topological polar surface area (TPSA) is 43.1 Å². The fraction of sp³-hybridized carbons (Fsp3) is 0.111. The number of hydrogen-bond acceptors (Lipinski definition) is 2. The molecule has 1 aromatic rings. The van der Waals surface area contributed by atoms with Gasteiger partial charge in [-0.25, -0.2) is 0 Å². The molecule has 0 saturated carbocycles. The Morgan fingerprint density at radius 3 is 2.42 bits per heavy atom. The lowest BCUT2D eigenvalue weighted by Crippen LogP contribution is -1.88. The molecule has 0 aliphatic heterocycles. The van der Waals surface area contributed by atoms with E-state index in [4.69, 9.17) is 6.42 Å². The molecule has 0 aliphatic carbocycles. The van der Waals surface area contributed by atoms with Gasteiger partial charge >= 0.3 is 0 Å². The number of non-ortho nitro benzene ring substituents is 1. The second-order valence-electron chi connectivity index (χ2n) is 2.30. The molecule has 0 heterocycles. The van der Waals surface area contributed by atoms with Crippen LogP contribution in [0.3, 0.4) is 0 Å². The Kier molecular flexibility index (Phi) is 2.44. The number of rotatable bonds is 2. The minimum Gasteiger partial charge on any atom is -0.258 e. The average Bonchev–Trinajstić information content (AvgIpc) is 2.06. The SMILES string of the molecule is C#[13C]Cc1ccc([N+](=O)[O-])cc1. The lowest BCUT2D eigenvalue weighted by atomic mass is 10.2. The highest BCUT2D eigenvalue weighted by Gasteiger charge is 2.02. The molecule has 3 nitrogen and oxygen atoms in total. The zero-order valence-corrected chi connectivity index (χ0v) is 6.36. The summed E-state index contributed by atoms with van der Waals surface area (Å²) < 4.78 is 0. The van der Waals surface area contributed by atoms with Gasteiger partial charge in [-0.1, -0.05) is 12.1 Å². The highest BCUT2D eigenvalue weighted by molar-refractivity contribution is 5.34. The largest absolute Gasteiger partial charge is 0.269 e. The van der Waals surface area contributed by atoms with E-state index in [-0.39, 0.29) is 5.69 Å². The number of terminal acetylenes is 1. The normalized spacial score (nSPS) is 8.92. The van der Waals surface area contributed by atoms with E-state index in [1.165, 1.54) is 12.1 Å². The molecular weight excluding hydrogens is 155 g/mol. The summed E-state index contributed by atoms with van der Waals surface area (Å²) in [6.45, 7) is 0. The number of benzene rings is 1. The van der Waals surface area contributed by atoms with Crippen LogP contribution in [0.25, 0.3) is 0 Å². The van der Waals surface area contributed by atoms with E-state index < -0.39 is 4.92 Å². The molecule has 0 unspecified atom stereocenters. The van der Waals surface area contributed by atoms with Crippen LogP contribution in [-0.4, -0.2) is 4.92 Å². The molecule has 0 radical (unpaired) electrons. The second kappa shape index (κ2) is 3.54. The molecule has 0 bridgehead atoms. The summed E-state index contributed by atoms with van der Waals surface area (Å²) in [5.41, 5.74) is 1.01. The first kappa shape index (κ1) is 8.28. The summed E-state index contributed by atoms with van der Waals surface area (Å²) in [5, 5.41) is 10.2. The number of nitrogens with zero attached hydrogens (tertiary/aromatic N) is 1. The fourth-order valence-corrected chi connectivity index (χ4v) is 0.853. The zero-order valence-electron chi connectivity index (χ0n) is 6.36. The maximum atomic E-state index is 10.2. The predicted octanol–water partition coefficient (Wildman–Crippen LogP) is 1.77. The molecule has 0 aromatic heterocycles. The molecule has 0 fully saturated rings. The molecule has 0 amide bonds. The van der Waals surface area contributed by atoms with Crippen molar-refractivity contribution in [2.24, 2.45) is 0 Å². The third kappa shape index (κ3) is 1.83. The van der Waals surface area contributed by atoms with Crippen LogP contribution in [0, 0.1) is 22.5 Å². The van der Waals surface area contributed by atoms with Gasteiger partial charge in [-0.15, -0.1) is 12.3 Å². The van der Waals surface area contributed by atoms with Gasteiger partial charge < -0.3 is 0 Å². The maximum absolute atomic E-state index is 10.2. The van der Waals surface area contributed by atoms with Gasteiger partial charge in [0, 0.05) is 18.6 Å². The molecule has 0 atom stereocenters. The first-order valence-electron chi connectivity index (χ1n) is 3.41. The van der Waals surface area contributed by atoms with Gasteiger partial charge in [0.1, 0.15) is 0 Å². The predicted molar refractivity (Wildman–Crippen MR) is 45.6 cm³/mol. The van der Waals surface area contributed by atoms with Gasteiger partial charge in [-0.3, -0.25) is 10.1 Å². The third-order valence-electron chi connectivity index (χ3n) is 1.45. The van der Waals surface area contributed by atoms with Crippen LogP contribution in [0.15, 0.2) is 24.3 Å². The summed E-state index contributed by atoms with van der Waals surface area (Å²) in [6, 6.07) is 6.23. The fourth-order valence-electron chi connectivity index (χ4n) is 0.853.